The molecule has 3 fully saturated rings. The van der Waals surface area contributed by atoms with Crippen LogP contribution in [0, 0.1) is 34.5 Å². The van der Waals surface area contributed by atoms with Crippen LogP contribution in [-0.2, 0) is 5.60 Å². The number of pyridine rings is 1. The summed E-state index contributed by atoms with van der Waals surface area (Å²) < 4.78 is 0. The summed E-state index contributed by atoms with van der Waals surface area (Å²) in [6.45, 7) is 5.30. The van der Waals surface area contributed by atoms with Gasteiger partial charge in [0.05, 0.1) is 11.8 Å². The first-order valence-corrected chi connectivity index (χ1v) is 11.4. The average molecular weight is 403 g/mol. The van der Waals surface area contributed by atoms with Gasteiger partial charge in [-0.3, -0.25) is 4.98 Å². The predicted molar refractivity (Wildman–Crippen MR) is 113 cm³/mol. The predicted octanol–water partition coefficient (Wildman–Crippen LogP) is 2.83. The van der Waals surface area contributed by atoms with Crippen molar-refractivity contribution in [3.63, 3.8) is 0 Å². The Kier molecular flexibility index (Phi) is 5.56. The number of nitrogens with zero attached hydrogens (tertiary/aromatic N) is 1. The van der Waals surface area contributed by atoms with E-state index in [0.717, 1.165) is 44.2 Å². The first-order valence-electron chi connectivity index (χ1n) is 11.4. The van der Waals surface area contributed by atoms with Gasteiger partial charge in [-0.1, -0.05) is 19.9 Å². The minimum absolute atomic E-state index is 0.00888. The fraction of sp³-hybridized carbons (Fsp3) is 0.792. The topological polar surface area (TPSA) is 99.6 Å². The molecule has 3 saturated carbocycles. The summed E-state index contributed by atoms with van der Waals surface area (Å²) in [6.07, 6.45) is 7.55. The Balaban J connectivity index is 1.66. The van der Waals surface area contributed by atoms with Gasteiger partial charge >= 0.3 is 0 Å². The van der Waals surface area contributed by atoms with Crippen LogP contribution in [-0.4, -0.2) is 39.6 Å². The number of fused-ring (bicyclic) bond motifs is 1. The molecule has 5 N–H and O–H groups in total. The largest absolute Gasteiger partial charge is 0.396 e. The average Bonchev–Trinajstić information content (AvgIpc) is 3.01. The zero-order chi connectivity index (χ0) is 20.9. The molecular formula is C24H38N2O3. The molecule has 0 bridgehead atoms. The van der Waals surface area contributed by atoms with Crippen molar-refractivity contribution in [2.75, 3.05) is 13.2 Å². The van der Waals surface area contributed by atoms with E-state index >= 15 is 0 Å². The van der Waals surface area contributed by atoms with Crippen LogP contribution in [0.3, 0.4) is 0 Å². The maximum absolute atomic E-state index is 11.8. The van der Waals surface area contributed by atoms with Crippen molar-refractivity contribution >= 4 is 0 Å². The van der Waals surface area contributed by atoms with E-state index in [1.165, 1.54) is 0 Å². The van der Waals surface area contributed by atoms with Gasteiger partial charge in [0.1, 0.15) is 5.60 Å². The van der Waals surface area contributed by atoms with Crippen molar-refractivity contribution in [2.45, 2.75) is 70.5 Å². The molecule has 4 rings (SSSR count). The molecule has 162 valence electrons. The molecule has 0 amide bonds. The minimum Gasteiger partial charge on any atom is -0.396 e. The Morgan fingerprint density at radius 1 is 1.10 bits per heavy atom. The number of hydrogen-bond donors (Lipinski definition) is 4. The van der Waals surface area contributed by atoms with Gasteiger partial charge in [-0.25, -0.2) is 0 Å². The van der Waals surface area contributed by atoms with Crippen molar-refractivity contribution in [3.05, 3.63) is 30.1 Å². The Bertz CT molecular complexity index is 715. The molecule has 0 aromatic carbocycles. The molecule has 8 atom stereocenters. The van der Waals surface area contributed by atoms with Gasteiger partial charge in [0.15, 0.2) is 0 Å². The minimum atomic E-state index is -0.905. The molecule has 0 aliphatic heterocycles. The second-order valence-corrected chi connectivity index (χ2v) is 10.5. The Labute approximate surface area is 174 Å². The third-order valence-corrected chi connectivity index (χ3v) is 9.52. The standard InChI is InChI=1S/C24H38N2O3/c1-22(9-6-17(28)13-16(22)15-27)19-7-10-23(2)20(18(19)14-25)8-11-24(23,29)21-5-3-4-12-26-21/h3-5,12,16-20,27-29H,6-11,13-15,25H2,1-2H3/t16-,17+,18-,19+,20+,22-,23+,24-/m1/s1. The van der Waals surface area contributed by atoms with E-state index in [1.54, 1.807) is 6.20 Å². The number of aromatic nitrogens is 1. The molecule has 5 nitrogen and oxygen atoms in total. The molecular weight excluding hydrogens is 364 g/mol. The lowest BCUT2D eigenvalue weighted by Crippen LogP contribution is -2.55. The summed E-state index contributed by atoms with van der Waals surface area (Å²) in [7, 11) is 0. The second-order valence-electron chi connectivity index (χ2n) is 10.5. The van der Waals surface area contributed by atoms with Crippen LogP contribution in [0.4, 0.5) is 0 Å². The normalized spacial score (nSPS) is 47.7. The fourth-order valence-electron chi connectivity index (χ4n) is 7.65. The quantitative estimate of drug-likeness (QED) is 0.621. The molecule has 0 saturated heterocycles. The molecule has 29 heavy (non-hydrogen) atoms. The van der Waals surface area contributed by atoms with Crippen LogP contribution in [0.5, 0.6) is 0 Å². The van der Waals surface area contributed by atoms with Crippen LogP contribution in [0.25, 0.3) is 0 Å². The lowest BCUT2D eigenvalue weighted by molar-refractivity contribution is -0.145. The molecule has 0 unspecified atom stereocenters. The maximum atomic E-state index is 11.8. The molecule has 5 heteroatoms. The fourth-order valence-corrected chi connectivity index (χ4v) is 7.65. The van der Waals surface area contributed by atoms with Crippen molar-refractivity contribution in [1.29, 1.82) is 0 Å². The Morgan fingerprint density at radius 2 is 1.86 bits per heavy atom. The third kappa shape index (κ3) is 3.08. The number of hydrogen-bond acceptors (Lipinski definition) is 5. The van der Waals surface area contributed by atoms with Gasteiger partial charge in [0.25, 0.3) is 0 Å². The zero-order valence-electron chi connectivity index (χ0n) is 17.9. The molecule has 3 aliphatic carbocycles. The Morgan fingerprint density at radius 3 is 2.52 bits per heavy atom. The van der Waals surface area contributed by atoms with Gasteiger partial charge in [-0.2, -0.15) is 0 Å². The highest BCUT2D eigenvalue weighted by Crippen LogP contribution is 2.66. The monoisotopic (exact) mass is 402 g/mol. The summed E-state index contributed by atoms with van der Waals surface area (Å²) in [5.41, 5.74) is 6.05. The third-order valence-electron chi connectivity index (χ3n) is 9.52. The summed E-state index contributed by atoms with van der Waals surface area (Å²) >= 11 is 0. The van der Waals surface area contributed by atoms with Gasteiger partial charge in [0, 0.05) is 18.2 Å². The van der Waals surface area contributed by atoms with Gasteiger partial charge in [-0.15, -0.1) is 0 Å². The Hall–Kier alpha value is -1.01. The number of aliphatic hydroxyl groups is 3. The van der Waals surface area contributed by atoms with E-state index in [-0.39, 0.29) is 29.5 Å². The molecule has 0 radical (unpaired) electrons. The number of nitrogens with two attached hydrogens (primary N) is 1. The van der Waals surface area contributed by atoms with Crippen molar-refractivity contribution in [1.82, 2.24) is 4.98 Å². The van der Waals surface area contributed by atoms with Crippen molar-refractivity contribution < 1.29 is 15.3 Å². The van der Waals surface area contributed by atoms with Crippen LogP contribution < -0.4 is 5.73 Å². The zero-order valence-corrected chi connectivity index (χ0v) is 17.9. The van der Waals surface area contributed by atoms with Crippen molar-refractivity contribution in [2.24, 2.45) is 40.2 Å². The van der Waals surface area contributed by atoms with E-state index in [1.807, 2.05) is 18.2 Å². The smallest absolute Gasteiger partial charge is 0.112 e. The molecule has 3 aliphatic rings. The summed E-state index contributed by atoms with van der Waals surface area (Å²) in [4.78, 5) is 4.53. The van der Waals surface area contributed by atoms with Gasteiger partial charge in [0.2, 0.25) is 0 Å². The van der Waals surface area contributed by atoms with E-state index in [4.69, 9.17) is 5.73 Å². The summed E-state index contributed by atoms with van der Waals surface area (Å²) in [5, 5.41) is 32.1. The SMILES string of the molecule is C[C@@]1([C@H]2CC[C@@]3(C)[C@@H](CC[C@@]3(O)c3ccccn3)[C@@H]2CN)CC[C@H](O)C[C@@H]1CO. The summed E-state index contributed by atoms with van der Waals surface area (Å²) in [5.74, 6) is 1.20. The highest BCUT2D eigenvalue weighted by atomic mass is 16.3. The van der Waals surface area contributed by atoms with E-state index in [9.17, 15) is 15.3 Å². The van der Waals surface area contributed by atoms with E-state index in [0.29, 0.717) is 30.7 Å². The van der Waals surface area contributed by atoms with E-state index in [2.05, 4.69) is 18.8 Å². The molecule has 1 aromatic heterocycles. The lowest BCUT2D eigenvalue weighted by atomic mass is 9.48. The number of aliphatic hydroxyl groups excluding tert-OH is 2. The molecule has 0 spiro atoms. The lowest BCUT2D eigenvalue weighted by Gasteiger charge is -2.58. The van der Waals surface area contributed by atoms with Crippen LogP contribution in [0.2, 0.25) is 0 Å². The highest BCUT2D eigenvalue weighted by Gasteiger charge is 2.64. The second kappa shape index (κ2) is 7.60. The highest BCUT2D eigenvalue weighted by molar-refractivity contribution is 5.23. The van der Waals surface area contributed by atoms with E-state index < -0.39 is 5.60 Å². The van der Waals surface area contributed by atoms with Crippen LogP contribution >= 0.6 is 0 Å². The molecule has 1 heterocycles. The van der Waals surface area contributed by atoms with Crippen molar-refractivity contribution in [3.8, 4) is 0 Å². The van der Waals surface area contributed by atoms with Crippen LogP contribution in [0.1, 0.15) is 64.5 Å². The first-order chi connectivity index (χ1) is 13.8. The number of rotatable bonds is 4. The van der Waals surface area contributed by atoms with Gasteiger partial charge < -0.3 is 21.1 Å². The summed E-state index contributed by atoms with van der Waals surface area (Å²) in [6, 6.07) is 5.82. The maximum Gasteiger partial charge on any atom is 0.112 e. The molecule has 1 aromatic rings. The first kappa shape index (κ1) is 21.2. The van der Waals surface area contributed by atoms with Gasteiger partial charge in [-0.05, 0) is 92.7 Å². The van der Waals surface area contributed by atoms with Crippen LogP contribution in [0.15, 0.2) is 24.4 Å².